The summed E-state index contributed by atoms with van der Waals surface area (Å²) in [4.78, 5) is 4.57. The molecule has 0 spiro atoms. The van der Waals surface area contributed by atoms with Crippen LogP contribution in [-0.2, 0) is 0 Å². The van der Waals surface area contributed by atoms with Crippen molar-refractivity contribution in [2.24, 2.45) is 0 Å². The van der Waals surface area contributed by atoms with Crippen molar-refractivity contribution in [3.63, 3.8) is 0 Å². The van der Waals surface area contributed by atoms with E-state index in [2.05, 4.69) is 58.7 Å². The predicted octanol–water partition coefficient (Wildman–Crippen LogP) is 5.11. The van der Waals surface area contributed by atoms with E-state index < -0.39 is 0 Å². The van der Waals surface area contributed by atoms with Gasteiger partial charge in [0, 0.05) is 16.5 Å². The second-order valence-corrected chi connectivity index (χ2v) is 8.08. The first-order valence-corrected chi connectivity index (χ1v) is 9.87. The lowest BCUT2D eigenvalue weighted by atomic mass is 10.1. The third-order valence-corrected chi connectivity index (χ3v) is 6.10. The van der Waals surface area contributed by atoms with E-state index in [0.717, 1.165) is 38.6 Å². The Morgan fingerprint density at radius 1 is 1.07 bits per heavy atom. The van der Waals surface area contributed by atoms with Crippen LogP contribution in [0.2, 0.25) is 5.15 Å². The van der Waals surface area contributed by atoms with Crippen LogP contribution in [0.3, 0.4) is 0 Å². The van der Waals surface area contributed by atoms with Gasteiger partial charge in [-0.3, -0.25) is 0 Å². The maximum Gasteiger partial charge on any atom is 0.212 e. The first kappa shape index (κ1) is 16.6. The minimum absolute atomic E-state index is 0.0665. The zero-order valence-corrected chi connectivity index (χ0v) is 16.3. The van der Waals surface area contributed by atoms with Crippen molar-refractivity contribution < 1.29 is 0 Å². The molecule has 1 aliphatic heterocycles. The molecule has 4 aromatic rings. The number of halogens is 1. The predicted molar refractivity (Wildman–Crippen MR) is 110 cm³/mol. The van der Waals surface area contributed by atoms with Crippen LogP contribution in [0.4, 0.5) is 0 Å². The summed E-state index contributed by atoms with van der Waals surface area (Å²) >= 11 is 8.10. The Balaban J connectivity index is 1.54. The normalized spacial score (nSPS) is 15.7. The van der Waals surface area contributed by atoms with Crippen LogP contribution in [0, 0.1) is 13.8 Å². The highest BCUT2D eigenvalue weighted by Crippen LogP contribution is 2.43. The number of aromatic nitrogens is 4. The van der Waals surface area contributed by atoms with E-state index in [9.17, 15) is 0 Å². The summed E-state index contributed by atoms with van der Waals surface area (Å²) in [5, 5.41) is 11.0. The average Bonchev–Trinajstić information content (AvgIpc) is 3.23. The Bertz CT molecular complexity index is 1190. The van der Waals surface area contributed by atoms with Crippen LogP contribution < -0.4 is 5.43 Å². The van der Waals surface area contributed by atoms with E-state index in [1.54, 1.807) is 11.8 Å². The van der Waals surface area contributed by atoms with Gasteiger partial charge in [-0.15, -0.1) is 10.2 Å². The lowest BCUT2D eigenvalue weighted by Crippen LogP contribution is -2.14. The molecule has 0 bridgehead atoms. The van der Waals surface area contributed by atoms with Crippen LogP contribution in [-0.4, -0.2) is 19.9 Å². The Morgan fingerprint density at radius 3 is 2.78 bits per heavy atom. The molecule has 1 atom stereocenters. The second-order valence-electron chi connectivity index (χ2n) is 6.65. The van der Waals surface area contributed by atoms with E-state index in [4.69, 9.17) is 11.6 Å². The summed E-state index contributed by atoms with van der Waals surface area (Å²) in [5.74, 6) is 0.804. The number of benzene rings is 2. The number of pyridine rings is 1. The van der Waals surface area contributed by atoms with E-state index in [1.165, 1.54) is 5.56 Å². The molecule has 2 aromatic carbocycles. The molecule has 27 heavy (non-hydrogen) atoms. The van der Waals surface area contributed by atoms with Crippen LogP contribution >= 0.6 is 23.4 Å². The van der Waals surface area contributed by atoms with Crippen LogP contribution in [0.5, 0.6) is 0 Å². The Hall–Kier alpha value is -2.57. The highest BCUT2D eigenvalue weighted by molar-refractivity contribution is 7.99. The first-order chi connectivity index (χ1) is 13.1. The van der Waals surface area contributed by atoms with E-state index >= 15 is 0 Å². The fraction of sp³-hybridized carbons (Fsp3) is 0.150. The monoisotopic (exact) mass is 393 g/mol. The fourth-order valence-corrected chi connectivity index (χ4v) is 4.64. The van der Waals surface area contributed by atoms with Gasteiger partial charge in [0.1, 0.15) is 10.5 Å². The first-order valence-electron chi connectivity index (χ1n) is 8.61. The zero-order valence-electron chi connectivity index (χ0n) is 14.8. The number of aryl methyl sites for hydroxylation is 2. The van der Waals surface area contributed by atoms with Gasteiger partial charge in [-0.25, -0.2) is 9.66 Å². The largest absolute Gasteiger partial charge is 0.304 e. The van der Waals surface area contributed by atoms with Crippen molar-refractivity contribution in [2.75, 3.05) is 5.43 Å². The van der Waals surface area contributed by atoms with Gasteiger partial charge < -0.3 is 5.43 Å². The van der Waals surface area contributed by atoms with Gasteiger partial charge in [-0.1, -0.05) is 59.3 Å². The Labute approximate surface area is 165 Å². The van der Waals surface area contributed by atoms with Gasteiger partial charge in [0.15, 0.2) is 5.82 Å². The Kier molecular flexibility index (Phi) is 3.84. The van der Waals surface area contributed by atoms with Crippen LogP contribution in [0.15, 0.2) is 53.7 Å². The number of hydrogen-bond donors (Lipinski definition) is 1. The average molecular weight is 394 g/mol. The molecule has 1 N–H and O–H groups in total. The summed E-state index contributed by atoms with van der Waals surface area (Å²) in [6.07, 6.45) is 0. The van der Waals surface area contributed by atoms with Crippen molar-refractivity contribution in [3.05, 3.63) is 70.4 Å². The lowest BCUT2D eigenvalue weighted by Gasteiger charge is -2.15. The Morgan fingerprint density at radius 2 is 1.93 bits per heavy atom. The van der Waals surface area contributed by atoms with Crippen molar-refractivity contribution in [1.29, 1.82) is 0 Å². The molecular weight excluding hydrogens is 378 g/mol. The molecule has 0 amide bonds. The van der Waals surface area contributed by atoms with Gasteiger partial charge in [0.05, 0.1) is 5.52 Å². The maximum atomic E-state index is 6.51. The molecular formula is C20H16ClN5S. The molecule has 0 saturated heterocycles. The number of hydrogen-bond acceptors (Lipinski definition) is 5. The van der Waals surface area contributed by atoms with Gasteiger partial charge in [-0.2, -0.15) is 0 Å². The molecule has 5 nitrogen and oxygen atoms in total. The highest BCUT2D eigenvalue weighted by Gasteiger charge is 2.30. The topological polar surface area (TPSA) is 55.6 Å². The summed E-state index contributed by atoms with van der Waals surface area (Å²) in [6.45, 7) is 4.15. The number of nitrogens with zero attached hydrogens (tertiary/aromatic N) is 4. The van der Waals surface area contributed by atoms with Gasteiger partial charge >= 0.3 is 0 Å². The molecule has 0 saturated carbocycles. The minimum Gasteiger partial charge on any atom is -0.304 e. The van der Waals surface area contributed by atoms with E-state index in [0.29, 0.717) is 5.15 Å². The fourth-order valence-electron chi connectivity index (χ4n) is 3.32. The molecule has 134 valence electrons. The van der Waals surface area contributed by atoms with E-state index in [-0.39, 0.29) is 5.37 Å². The number of fused-ring (bicyclic) bond motifs is 2. The van der Waals surface area contributed by atoms with Crippen molar-refractivity contribution in [2.45, 2.75) is 24.4 Å². The van der Waals surface area contributed by atoms with Gasteiger partial charge in [0.25, 0.3) is 0 Å². The molecule has 0 aliphatic carbocycles. The molecule has 7 heteroatoms. The molecule has 5 rings (SSSR count). The summed E-state index contributed by atoms with van der Waals surface area (Å²) in [6, 6.07) is 16.4. The molecule has 3 heterocycles. The molecule has 2 aromatic heterocycles. The summed E-state index contributed by atoms with van der Waals surface area (Å²) < 4.78 is 1.94. The maximum absolute atomic E-state index is 6.51. The second kappa shape index (κ2) is 6.25. The lowest BCUT2D eigenvalue weighted by molar-refractivity contribution is 0.791. The molecule has 1 unspecified atom stereocenters. The highest BCUT2D eigenvalue weighted by atomic mass is 35.5. The van der Waals surface area contributed by atoms with Crippen LogP contribution in [0.25, 0.3) is 22.3 Å². The summed E-state index contributed by atoms with van der Waals surface area (Å²) in [7, 11) is 0. The molecule has 1 aliphatic rings. The third-order valence-electron chi connectivity index (χ3n) is 4.72. The van der Waals surface area contributed by atoms with Gasteiger partial charge in [0.2, 0.25) is 5.16 Å². The van der Waals surface area contributed by atoms with Crippen molar-refractivity contribution in [1.82, 2.24) is 19.9 Å². The molecule has 0 fully saturated rings. The van der Waals surface area contributed by atoms with Crippen LogP contribution in [0.1, 0.15) is 22.1 Å². The number of nitrogens with one attached hydrogen (secondary N) is 1. The SMILES string of the molecule is Cc1ccc2nc(Cl)c(C3Nn4c(nnc4-c4ccccc4C)S3)cc2c1. The smallest absolute Gasteiger partial charge is 0.212 e. The third kappa shape index (κ3) is 2.76. The quantitative estimate of drug-likeness (QED) is 0.479. The number of rotatable bonds is 2. The van der Waals surface area contributed by atoms with E-state index in [1.807, 2.05) is 28.9 Å². The van der Waals surface area contributed by atoms with Gasteiger partial charge in [-0.05, 0) is 37.6 Å². The minimum atomic E-state index is -0.0665. The zero-order chi connectivity index (χ0) is 18.5. The molecule has 0 radical (unpaired) electrons. The summed E-state index contributed by atoms with van der Waals surface area (Å²) in [5.41, 5.74) is 8.73. The number of thioether (sulfide) groups is 1. The standard InChI is InChI=1S/C20H16ClN5S/c1-11-7-8-16-13(9-11)10-15(17(21)22-16)19-25-26-18(23-24-20(26)27-19)14-6-4-3-5-12(14)2/h3-10,19,25H,1-2H3. The van der Waals surface area contributed by atoms with Crippen molar-refractivity contribution in [3.8, 4) is 11.4 Å². The van der Waals surface area contributed by atoms with Crippen molar-refractivity contribution >= 4 is 34.3 Å².